The topological polar surface area (TPSA) is 89.0 Å². The van der Waals surface area contributed by atoms with Gasteiger partial charge in [-0.05, 0) is 54.7 Å². The molecule has 5 rings (SSSR count). The highest BCUT2D eigenvalue weighted by atomic mass is 16.6. The smallest absolute Gasteiger partial charge is 0.410 e. The fourth-order valence-electron chi connectivity index (χ4n) is 4.57. The van der Waals surface area contributed by atoms with Crippen molar-refractivity contribution in [2.45, 2.75) is 59.2 Å². The molecule has 0 spiro atoms. The van der Waals surface area contributed by atoms with Gasteiger partial charge in [0.2, 0.25) is 5.78 Å². The first-order valence-electron chi connectivity index (χ1n) is 12.2. The number of aromatic nitrogens is 1. The van der Waals surface area contributed by atoms with E-state index in [0.29, 0.717) is 37.4 Å². The van der Waals surface area contributed by atoms with E-state index in [1.54, 1.807) is 28.1 Å². The average Bonchev–Trinajstić information content (AvgIpc) is 3.50. The minimum atomic E-state index is -0.583. The van der Waals surface area contributed by atoms with Gasteiger partial charge in [0.15, 0.2) is 0 Å². The first kappa shape index (κ1) is 24.5. The minimum Gasteiger partial charge on any atom is -0.445 e. The highest BCUT2D eigenvalue weighted by molar-refractivity contribution is 6.09. The number of rotatable bonds is 4. The molecule has 190 valence electrons. The number of amides is 2. The Bertz CT molecular complexity index is 1360. The Hall–Kier alpha value is -4.20. The number of carbonyl (C=O) groups is 3. The van der Waals surface area contributed by atoms with Crippen LogP contribution in [0.4, 0.5) is 9.59 Å². The maximum Gasteiger partial charge on any atom is 0.410 e. The number of carbonyl (C=O) groups excluding carboxylic acids is 3. The second-order valence-corrected chi connectivity index (χ2v) is 10.3. The summed E-state index contributed by atoms with van der Waals surface area (Å²) in [7, 11) is 0. The molecule has 8 nitrogen and oxygen atoms in total. The standard InChI is InChI=1S/C29H29N3O5/c1-29(2,3)37-28(35)31-15-21-12-25(30-13-22(21)16-31)26(33)23-11-7-10-20-14-32(17-24(20)23)27(34)36-18-19-8-5-4-6-9-19/h4-13H,14-18H2,1-3H3. The summed E-state index contributed by atoms with van der Waals surface area (Å²) in [5, 5.41) is 0. The van der Waals surface area contributed by atoms with Crippen molar-refractivity contribution in [2.24, 2.45) is 0 Å². The number of fused-ring (bicyclic) bond motifs is 2. The second kappa shape index (κ2) is 9.69. The number of ether oxygens (including phenoxy) is 2. The summed E-state index contributed by atoms with van der Waals surface area (Å²) in [6.07, 6.45) is 0.844. The predicted octanol–water partition coefficient (Wildman–Crippen LogP) is 5.22. The molecule has 3 aromatic rings. The van der Waals surface area contributed by atoms with Gasteiger partial charge in [-0.1, -0.05) is 48.5 Å². The summed E-state index contributed by atoms with van der Waals surface area (Å²) >= 11 is 0. The zero-order valence-corrected chi connectivity index (χ0v) is 21.2. The minimum absolute atomic E-state index is 0.192. The fourth-order valence-corrected chi connectivity index (χ4v) is 4.57. The molecule has 1 aromatic heterocycles. The molecule has 0 saturated carbocycles. The largest absolute Gasteiger partial charge is 0.445 e. The van der Waals surface area contributed by atoms with Gasteiger partial charge < -0.3 is 9.47 Å². The number of hydrogen-bond acceptors (Lipinski definition) is 6. The molecule has 0 N–H and O–H groups in total. The molecule has 0 radical (unpaired) electrons. The maximum absolute atomic E-state index is 13.5. The number of pyridine rings is 1. The Labute approximate surface area is 215 Å². The molecule has 2 aliphatic heterocycles. The third kappa shape index (κ3) is 5.33. The first-order valence-corrected chi connectivity index (χ1v) is 12.2. The van der Waals surface area contributed by atoms with Crippen molar-refractivity contribution in [1.82, 2.24) is 14.8 Å². The van der Waals surface area contributed by atoms with Crippen LogP contribution in [-0.4, -0.2) is 38.4 Å². The third-order valence-corrected chi connectivity index (χ3v) is 6.38. The van der Waals surface area contributed by atoms with Gasteiger partial charge in [0.25, 0.3) is 0 Å². The summed E-state index contributed by atoms with van der Waals surface area (Å²) in [5.41, 5.74) is 4.66. The van der Waals surface area contributed by atoms with Crippen molar-refractivity contribution in [3.05, 3.63) is 99.9 Å². The van der Waals surface area contributed by atoms with Crippen LogP contribution in [0.3, 0.4) is 0 Å². The van der Waals surface area contributed by atoms with Crippen molar-refractivity contribution >= 4 is 18.0 Å². The van der Waals surface area contributed by atoms with E-state index in [1.807, 2.05) is 63.2 Å². The van der Waals surface area contributed by atoms with E-state index in [0.717, 1.165) is 27.8 Å². The van der Waals surface area contributed by atoms with Crippen molar-refractivity contribution in [1.29, 1.82) is 0 Å². The van der Waals surface area contributed by atoms with Gasteiger partial charge in [0, 0.05) is 24.8 Å². The Morgan fingerprint density at radius 1 is 0.838 bits per heavy atom. The quantitative estimate of drug-likeness (QED) is 0.458. The molecule has 8 heteroatoms. The van der Waals surface area contributed by atoms with Crippen molar-refractivity contribution in [2.75, 3.05) is 0 Å². The van der Waals surface area contributed by atoms with Crippen LogP contribution in [0, 0.1) is 0 Å². The number of benzene rings is 2. The summed E-state index contributed by atoms with van der Waals surface area (Å²) in [4.78, 5) is 46.3. The number of ketones is 1. The van der Waals surface area contributed by atoms with Crippen LogP contribution < -0.4 is 0 Å². The molecule has 0 saturated heterocycles. The second-order valence-electron chi connectivity index (χ2n) is 10.3. The maximum atomic E-state index is 13.5. The van der Waals surface area contributed by atoms with Crippen LogP contribution in [0.2, 0.25) is 0 Å². The van der Waals surface area contributed by atoms with Crippen molar-refractivity contribution < 1.29 is 23.9 Å². The molecule has 0 fully saturated rings. The van der Waals surface area contributed by atoms with E-state index in [4.69, 9.17) is 9.47 Å². The highest BCUT2D eigenvalue weighted by Crippen LogP contribution is 2.30. The Morgan fingerprint density at radius 3 is 2.30 bits per heavy atom. The highest BCUT2D eigenvalue weighted by Gasteiger charge is 2.31. The lowest BCUT2D eigenvalue weighted by molar-refractivity contribution is 0.0241. The lowest BCUT2D eigenvalue weighted by Crippen LogP contribution is -2.33. The monoisotopic (exact) mass is 499 g/mol. The van der Waals surface area contributed by atoms with Crippen molar-refractivity contribution in [3.63, 3.8) is 0 Å². The van der Waals surface area contributed by atoms with Gasteiger partial charge >= 0.3 is 12.2 Å². The van der Waals surface area contributed by atoms with Gasteiger partial charge in [0.1, 0.15) is 17.9 Å². The van der Waals surface area contributed by atoms with Gasteiger partial charge in [-0.25, -0.2) is 9.59 Å². The van der Waals surface area contributed by atoms with Gasteiger partial charge in [0.05, 0.1) is 13.1 Å². The molecule has 37 heavy (non-hydrogen) atoms. The SMILES string of the molecule is CC(C)(C)OC(=O)N1Cc2cnc(C(=O)c3cccc4c3CN(C(=O)OCc3ccccc3)C4)cc2C1. The average molecular weight is 500 g/mol. The van der Waals surface area contributed by atoms with E-state index in [-0.39, 0.29) is 12.4 Å². The normalized spacial score (nSPS) is 14.2. The molecule has 2 aliphatic rings. The Morgan fingerprint density at radius 2 is 1.54 bits per heavy atom. The van der Waals surface area contributed by atoms with Crippen LogP contribution in [0.15, 0.2) is 60.8 Å². The zero-order chi connectivity index (χ0) is 26.2. The van der Waals surface area contributed by atoms with Crippen LogP contribution in [0.1, 0.15) is 64.6 Å². The number of hydrogen-bond donors (Lipinski definition) is 0. The van der Waals surface area contributed by atoms with E-state index in [1.165, 1.54) is 0 Å². The molecular formula is C29H29N3O5. The van der Waals surface area contributed by atoms with Gasteiger partial charge in [-0.15, -0.1) is 0 Å². The fraction of sp³-hybridized carbons (Fsp3) is 0.310. The molecule has 0 bridgehead atoms. The first-order chi connectivity index (χ1) is 17.7. The van der Waals surface area contributed by atoms with Gasteiger partial charge in [-0.3, -0.25) is 19.6 Å². The van der Waals surface area contributed by atoms with Crippen LogP contribution in [0.5, 0.6) is 0 Å². The summed E-state index contributed by atoms with van der Waals surface area (Å²) in [5.74, 6) is -0.213. The van der Waals surface area contributed by atoms with Crippen LogP contribution in [-0.2, 0) is 42.3 Å². The summed E-state index contributed by atoms with van der Waals surface area (Å²) in [6, 6.07) is 16.8. The van der Waals surface area contributed by atoms with E-state index in [2.05, 4.69) is 4.98 Å². The molecule has 0 unspecified atom stereocenters. The van der Waals surface area contributed by atoms with Crippen LogP contribution in [0.25, 0.3) is 0 Å². The molecule has 2 aromatic carbocycles. The third-order valence-electron chi connectivity index (χ3n) is 6.38. The molecule has 2 amide bonds. The van der Waals surface area contributed by atoms with E-state index < -0.39 is 17.8 Å². The van der Waals surface area contributed by atoms with Crippen LogP contribution >= 0.6 is 0 Å². The van der Waals surface area contributed by atoms with Crippen molar-refractivity contribution in [3.8, 4) is 0 Å². The molecular weight excluding hydrogens is 470 g/mol. The molecule has 0 atom stereocenters. The summed E-state index contributed by atoms with van der Waals surface area (Å²) in [6.45, 7) is 7.11. The zero-order valence-electron chi connectivity index (χ0n) is 21.2. The van der Waals surface area contributed by atoms with E-state index in [9.17, 15) is 14.4 Å². The summed E-state index contributed by atoms with van der Waals surface area (Å²) < 4.78 is 11.0. The molecule has 3 heterocycles. The lowest BCUT2D eigenvalue weighted by Gasteiger charge is -2.24. The Kier molecular flexibility index (Phi) is 6.41. The lowest BCUT2D eigenvalue weighted by atomic mass is 9.97. The Balaban J connectivity index is 1.28. The number of nitrogens with zero attached hydrogens (tertiary/aromatic N) is 3. The molecule has 0 aliphatic carbocycles. The predicted molar refractivity (Wildman–Crippen MR) is 135 cm³/mol. The van der Waals surface area contributed by atoms with Gasteiger partial charge in [-0.2, -0.15) is 0 Å². The van der Waals surface area contributed by atoms with E-state index >= 15 is 0 Å².